The number of thiocarbonyl (C=S) groups is 1. The molecule has 1 aliphatic carbocycles. The fourth-order valence-corrected chi connectivity index (χ4v) is 4.05. The molecule has 0 heterocycles. The first kappa shape index (κ1) is 35.9. The van der Waals surface area contributed by atoms with Gasteiger partial charge in [-0.1, -0.05) is 25.0 Å². The van der Waals surface area contributed by atoms with Gasteiger partial charge in [0.1, 0.15) is 0 Å². The molecule has 0 spiro atoms. The maximum Gasteiger partial charge on any atom is 0.460 e. The minimum absolute atomic E-state index is 0.121. The van der Waals surface area contributed by atoms with Gasteiger partial charge in [-0.05, 0) is 37.2 Å². The van der Waals surface area contributed by atoms with Crippen molar-refractivity contribution in [2.24, 2.45) is 5.73 Å². The van der Waals surface area contributed by atoms with Gasteiger partial charge in [0.2, 0.25) is 0 Å². The second kappa shape index (κ2) is 11.0. The zero-order valence-electron chi connectivity index (χ0n) is 20.2. The minimum Gasteiger partial charge on any atom is -0.358 e. The highest BCUT2D eigenvalue weighted by atomic mass is 32.1. The van der Waals surface area contributed by atoms with Gasteiger partial charge in [0, 0.05) is 23.3 Å². The maximum absolute atomic E-state index is 14.4. The molecule has 0 unspecified atom stereocenters. The van der Waals surface area contributed by atoms with Gasteiger partial charge in [0.05, 0.1) is 0 Å². The number of nitrogens with one attached hydrogen (secondary N) is 2. The van der Waals surface area contributed by atoms with E-state index in [0.717, 1.165) is 12.8 Å². The lowest BCUT2D eigenvalue weighted by Gasteiger charge is -2.42. The molecule has 1 saturated carbocycles. The Hall–Kier alpha value is -2.32. The molecule has 42 heavy (non-hydrogen) atoms. The molecule has 1 aromatic carbocycles. The van der Waals surface area contributed by atoms with E-state index in [0.29, 0.717) is 25.0 Å². The molecule has 1 fully saturated rings. The first-order valence-electron chi connectivity index (χ1n) is 11.3. The highest BCUT2D eigenvalue weighted by molar-refractivity contribution is 7.80. The average Bonchev–Trinajstić information content (AvgIpc) is 2.84. The minimum atomic E-state index is -8.67. The maximum atomic E-state index is 14.4. The first-order valence-corrected chi connectivity index (χ1v) is 11.7. The van der Waals surface area contributed by atoms with Crippen molar-refractivity contribution >= 4 is 23.0 Å². The van der Waals surface area contributed by atoms with Crippen LogP contribution < -0.4 is 16.4 Å². The van der Waals surface area contributed by atoms with E-state index in [2.05, 4.69) is 10.6 Å². The van der Waals surface area contributed by atoms with E-state index in [1.165, 1.54) is 0 Å². The third-order valence-electron chi connectivity index (χ3n) is 6.36. The lowest BCUT2D eigenvalue weighted by molar-refractivity contribution is -0.462. The van der Waals surface area contributed by atoms with E-state index in [4.69, 9.17) is 18.0 Å². The Morgan fingerprint density at radius 3 is 1.45 bits per heavy atom. The van der Waals surface area contributed by atoms with E-state index in [1.54, 1.807) is 0 Å². The molecule has 0 saturated heterocycles. The van der Waals surface area contributed by atoms with Gasteiger partial charge >= 0.3 is 47.6 Å². The highest BCUT2D eigenvalue weighted by Crippen LogP contribution is 2.65. The van der Waals surface area contributed by atoms with Crippen molar-refractivity contribution in [3.63, 3.8) is 0 Å². The highest BCUT2D eigenvalue weighted by Gasteiger charge is 2.95. The molecule has 21 heteroatoms. The molecule has 3 nitrogen and oxygen atoms in total. The summed E-state index contributed by atoms with van der Waals surface area (Å²) in [6, 6.07) is -0.0395. The molecule has 2 atom stereocenters. The van der Waals surface area contributed by atoms with Crippen LogP contribution in [0.2, 0.25) is 0 Å². The van der Waals surface area contributed by atoms with Crippen LogP contribution in [-0.2, 0) is 5.92 Å². The number of hydrogen-bond donors (Lipinski definition) is 3. The van der Waals surface area contributed by atoms with Gasteiger partial charge in [-0.25, -0.2) is 0 Å². The molecule has 0 aromatic heterocycles. The summed E-state index contributed by atoms with van der Waals surface area (Å²) in [5.74, 6) is -56.8. The summed E-state index contributed by atoms with van der Waals surface area (Å²) in [5.41, 5.74) is 3.28. The predicted molar refractivity (Wildman–Crippen MR) is 116 cm³/mol. The summed E-state index contributed by atoms with van der Waals surface area (Å²) in [5, 5.41) is 4.93. The summed E-state index contributed by atoms with van der Waals surface area (Å²) in [7, 11) is 0. The van der Waals surface area contributed by atoms with Crippen molar-refractivity contribution in [1.29, 1.82) is 0 Å². The molecule has 242 valence electrons. The number of alkyl halides is 17. The van der Waals surface area contributed by atoms with Gasteiger partial charge < -0.3 is 16.4 Å². The van der Waals surface area contributed by atoms with Gasteiger partial charge in [-0.3, -0.25) is 0 Å². The Kier molecular flexibility index (Phi) is 9.39. The van der Waals surface area contributed by atoms with Crippen LogP contribution in [0.4, 0.5) is 80.3 Å². The monoisotopic (exact) mass is 667 g/mol. The Labute approximate surface area is 230 Å². The molecule has 2 rings (SSSR count). The zero-order valence-corrected chi connectivity index (χ0v) is 21.0. The normalized spacial score (nSPS) is 20.3. The van der Waals surface area contributed by atoms with Crippen molar-refractivity contribution < 1.29 is 74.6 Å². The van der Waals surface area contributed by atoms with E-state index >= 15 is 0 Å². The molecule has 0 bridgehead atoms. The smallest absolute Gasteiger partial charge is 0.358 e. The van der Waals surface area contributed by atoms with Crippen molar-refractivity contribution in [3.8, 4) is 0 Å². The SMILES string of the molecule is N[C@@H]1CCCC[C@H]1NC(=S)Nc1ccc(C(F)(F)C(F)(F)C(F)(F)C(F)(F)C(F)(F)C(F)(F)C(F)(F)C(F)(F)F)cc1. The van der Waals surface area contributed by atoms with Crippen LogP contribution in [-0.4, -0.2) is 58.9 Å². The molecule has 0 aliphatic heterocycles. The molecule has 4 N–H and O–H groups in total. The second-order valence-corrected chi connectivity index (χ2v) is 9.66. The molecule has 0 radical (unpaired) electrons. The summed E-state index contributed by atoms with van der Waals surface area (Å²) in [4.78, 5) is 0. The second-order valence-electron chi connectivity index (χ2n) is 9.25. The van der Waals surface area contributed by atoms with Gasteiger partial charge in [0.25, 0.3) is 0 Å². The fourth-order valence-electron chi connectivity index (χ4n) is 3.78. The van der Waals surface area contributed by atoms with Crippen LogP contribution in [0.15, 0.2) is 24.3 Å². The third kappa shape index (κ3) is 5.54. The van der Waals surface area contributed by atoms with Crippen molar-refractivity contribution in [3.05, 3.63) is 29.8 Å². The number of anilines is 1. The van der Waals surface area contributed by atoms with Crippen LogP contribution >= 0.6 is 12.2 Å². The molecule has 0 amide bonds. The summed E-state index contributed by atoms with van der Waals surface area (Å²) in [6.45, 7) is 0. The molecular weight excluding hydrogens is 649 g/mol. The largest absolute Gasteiger partial charge is 0.460 e. The Morgan fingerprint density at radius 2 is 1.02 bits per heavy atom. The first-order chi connectivity index (χ1) is 18.6. The van der Waals surface area contributed by atoms with Crippen molar-refractivity contribution in [1.82, 2.24) is 5.32 Å². The number of rotatable bonds is 9. The Bertz CT molecular complexity index is 1120. The van der Waals surface area contributed by atoms with E-state index in [-0.39, 0.29) is 35.0 Å². The average molecular weight is 667 g/mol. The Balaban J connectivity index is 2.38. The number of benzene rings is 1. The van der Waals surface area contributed by atoms with E-state index < -0.39 is 53.2 Å². The standard InChI is InChI=1S/C21H18F17N3S/c22-14(23,9-5-7-10(8-6-9)40-13(42)41-12-4-2-1-3-11(12)39)15(24,25)16(26,27)17(28,29)18(30,31)19(32,33)20(34,35)21(36,37)38/h5-8,11-12H,1-4,39H2,(H2,40,41,42)/t11-,12-/m1/s1. The lowest BCUT2D eigenvalue weighted by atomic mass is 9.87. The summed E-state index contributed by atoms with van der Waals surface area (Å²) in [6.07, 6.45) is -5.01. The van der Waals surface area contributed by atoms with Gasteiger partial charge in [0.15, 0.2) is 5.11 Å². The zero-order chi connectivity index (χ0) is 33.0. The van der Waals surface area contributed by atoms with Gasteiger partial charge in [-0.15, -0.1) is 0 Å². The summed E-state index contributed by atoms with van der Waals surface area (Å²) >= 11 is 4.95. The molecular formula is C21H18F17N3S. The Morgan fingerprint density at radius 1 is 0.619 bits per heavy atom. The van der Waals surface area contributed by atoms with E-state index in [9.17, 15) is 74.6 Å². The van der Waals surface area contributed by atoms with Crippen molar-refractivity contribution in [2.45, 2.75) is 85.4 Å². The van der Waals surface area contributed by atoms with Crippen LogP contribution in [0.3, 0.4) is 0 Å². The van der Waals surface area contributed by atoms with Crippen LogP contribution in [0.25, 0.3) is 0 Å². The van der Waals surface area contributed by atoms with Crippen LogP contribution in [0.5, 0.6) is 0 Å². The molecule has 1 aliphatic rings. The number of nitrogens with two attached hydrogens (primary N) is 1. The van der Waals surface area contributed by atoms with E-state index in [1.807, 2.05) is 0 Å². The van der Waals surface area contributed by atoms with Gasteiger partial charge in [-0.2, -0.15) is 74.6 Å². The topological polar surface area (TPSA) is 50.1 Å². The van der Waals surface area contributed by atoms with Crippen molar-refractivity contribution in [2.75, 3.05) is 5.32 Å². The fraction of sp³-hybridized carbons (Fsp3) is 0.667. The third-order valence-corrected chi connectivity index (χ3v) is 6.58. The van der Waals surface area contributed by atoms with Crippen LogP contribution in [0.1, 0.15) is 31.2 Å². The number of halogens is 17. The lowest BCUT2D eigenvalue weighted by Crippen LogP contribution is -2.74. The summed E-state index contributed by atoms with van der Waals surface area (Å²) < 4.78 is 229. The quantitative estimate of drug-likeness (QED) is 0.187. The number of hydrogen-bond acceptors (Lipinski definition) is 2. The predicted octanol–water partition coefficient (Wildman–Crippen LogP) is 7.71. The van der Waals surface area contributed by atoms with Crippen LogP contribution in [0, 0.1) is 0 Å². The molecule has 1 aromatic rings.